The Bertz CT molecular complexity index is 1260. The summed E-state index contributed by atoms with van der Waals surface area (Å²) < 4.78 is 25.1. The molecular weight excluding hydrogens is 418 g/mol. The normalized spacial score (nSPS) is 12.5. The first-order valence-corrected chi connectivity index (χ1v) is 11.2. The van der Waals surface area contributed by atoms with Crippen molar-refractivity contribution in [3.8, 4) is 22.6 Å². The maximum atomic E-state index is 13.3. The first-order valence-electron chi connectivity index (χ1n) is 9.27. The predicted octanol–water partition coefficient (Wildman–Crippen LogP) is 5.23. The second-order valence-electron chi connectivity index (χ2n) is 6.78. The highest BCUT2D eigenvalue weighted by molar-refractivity contribution is 7.92. The Hall–Kier alpha value is -3.09. The topological polar surface area (TPSA) is 72.8 Å². The van der Waals surface area contributed by atoms with Crippen molar-refractivity contribution in [2.45, 2.75) is 16.5 Å². The van der Waals surface area contributed by atoms with Gasteiger partial charge in [-0.05, 0) is 19.1 Å². The molecule has 1 unspecified atom stereocenters. The van der Waals surface area contributed by atoms with Crippen molar-refractivity contribution in [3.63, 3.8) is 0 Å². The third kappa shape index (κ3) is 3.97. The van der Waals surface area contributed by atoms with Crippen LogP contribution in [0.4, 0.5) is 0 Å². The Balaban J connectivity index is 1.88. The number of halogens is 1. The molecule has 30 heavy (non-hydrogen) atoms. The molecule has 0 aliphatic heterocycles. The molecule has 1 aromatic heterocycles. The van der Waals surface area contributed by atoms with E-state index in [0.717, 1.165) is 11.1 Å². The molecule has 0 aliphatic rings. The largest absolute Gasteiger partial charge is 0.226 e. The van der Waals surface area contributed by atoms with E-state index in [-0.39, 0.29) is 10.6 Å². The zero-order valence-electron chi connectivity index (χ0n) is 16.1. The summed E-state index contributed by atoms with van der Waals surface area (Å²) >= 11 is 6.57. The van der Waals surface area contributed by atoms with Crippen molar-refractivity contribution in [2.24, 2.45) is 0 Å². The fourth-order valence-electron chi connectivity index (χ4n) is 3.00. The monoisotopic (exact) mass is 435 g/mol. The maximum absolute atomic E-state index is 13.3. The molecule has 5 nitrogen and oxygen atoms in total. The molecule has 3 aromatic carbocycles. The Morgan fingerprint density at radius 2 is 1.33 bits per heavy atom. The quantitative estimate of drug-likeness (QED) is 0.401. The second kappa shape index (κ2) is 8.34. The van der Waals surface area contributed by atoms with Gasteiger partial charge in [-0.25, -0.2) is 13.4 Å². The highest BCUT2D eigenvalue weighted by Gasteiger charge is 2.32. The van der Waals surface area contributed by atoms with Gasteiger partial charge >= 0.3 is 0 Å². The molecule has 1 atom stereocenters. The van der Waals surface area contributed by atoms with Crippen molar-refractivity contribution in [3.05, 3.63) is 96.2 Å². The number of hydrogen-bond acceptors (Lipinski definition) is 5. The van der Waals surface area contributed by atoms with Crippen LogP contribution in [0.25, 0.3) is 22.6 Å². The van der Waals surface area contributed by atoms with Gasteiger partial charge < -0.3 is 0 Å². The first-order chi connectivity index (χ1) is 14.5. The number of rotatable bonds is 5. The lowest BCUT2D eigenvalue weighted by Crippen LogP contribution is -2.14. The van der Waals surface area contributed by atoms with E-state index in [2.05, 4.69) is 15.2 Å². The Kier molecular flexibility index (Phi) is 5.61. The summed E-state index contributed by atoms with van der Waals surface area (Å²) in [4.78, 5) is 4.68. The summed E-state index contributed by atoms with van der Waals surface area (Å²) in [5.74, 6) is 0.315. The van der Waals surface area contributed by atoms with Crippen LogP contribution < -0.4 is 0 Å². The second-order valence-corrected chi connectivity index (χ2v) is 9.50. The first kappa shape index (κ1) is 20.2. The van der Waals surface area contributed by atoms with Gasteiger partial charge in [0.05, 0.1) is 4.90 Å². The molecule has 0 radical (unpaired) electrons. The van der Waals surface area contributed by atoms with Gasteiger partial charge in [-0.3, -0.25) is 0 Å². The maximum Gasteiger partial charge on any atom is 0.201 e. The summed E-state index contributed by atoms with van der Waals surface area (Å²) in [7, 11) is -3.90. The fourth-order valence-corrected chi connectivity index (χ4v) is 4.68. The lowest BCUT2D eigenvalue weighted by atomic mass is 10.1. The Morgan fingerprint density at radius 1 is 0.767 bits per heavy atom. The lowest BCUT2D eigenvalue weighted by molar-refractivity contribution is 0.593. The van der Waals surface area contributed by atoms with Crippen molar-refractivity contribution in [2.75, 3.05) is 0 Å². The van der Waals surface area contributed by atoms with E-state index in [9.17, 15) is 8.42 Å². The molecule has 0 amide bonds. The van der Waals surface area contributed by atoms with Crippen molar-refractivity contribution in [1.29, 1.82) is 0 Å². The van der Waals surface area contributed by atoms with Crippen LogP contribution in [-0.4, -0.2) is 23.6 Å². The summed E-state index contributed by atoms with van der Waals surface area (Å²) in [5.41, 5.74) is 2.86. The van der Waals surface area contributed by atoms with Gasteiger partial charge in [-0.2, -0.15) is 0 Å². The molecule has 7 heteroatoms. The SMILES string of the molecule is Cc1ccc(S(=O)(=O)C(Cl)c2nc(-c3ccccc3)nnc2-c2ccccc2)cc1. The number of sulfone groups is 1. The summed E-state index contributed by atoms with van der Waals surface area (Å²) in [6, 6.07) is 25.0. The molecule has 0 N–H and O–H groups in total. The average Bonchev–Trinajstić information content (AvgIpc) is 2.79. The van der Waals surface area contributed by atoms with Gasteiger partial charge in [0.25, 0.3) is 0 Å². The van der Waals surface area contributed by atoms with E-state index in [1.54, 1.807) is 24.3 Å². The molecule has 4 rings (SSSR count). The zero-order valence-corrected chi connectivity index (χ0v) is 17.7. The van der Waals surface area contributed by atoms with Crippen LogP contribution in [0.5, 0.6) is 0 Å². The molecule has 0 saturated carbocycles. The summed E-state index contributed by atoms with van der Waals surface area (Å²) in [6.45, 7) is 1.89. The molecule has 0 saturated heterocycles. The van der Waals surface area contributed by atoms with E-state index >= 15 is 0 Å². The van der Waals surface area contributed by atoms with Gasteiger partial charge in [0.15, 0.2) is 10.5 Å². The minimum atomic E-state index is -3.90. The molecule has 0 aliphatic carbocycles. The third-order valence-corrected chi connectivity index (χ3v) is 7.24. The highest BCUT2D eigenvalue weighted by atomic mass is 35.5. The van der Waals surface area contributed by atoms with E-state index in [0.29, 0.717) is 17.1 Å². The van der Waals surface area contributed by atoms with E-state index in [1.807, 2.05) is 67.6 Å². The summed E-state index contributed by atoms with van der Waals surface area (Å²) in [5, 5.41) is 8.53. The van der Waals surface area contributed by atoms with Crippen molar-refractivity contribution >= 4 is 21.4 Å². The van der Waals surface area contributed by atoms with Gasteiger partial charge in [-0.1, -0.05) is 90.0 Å². The molecule has 0 spiro atoms. The zero-order chi connectivity index (χ0) is 21.1. The summed E-state index contributed by atoms with van der Waals surface area (Å²) in [6.07, 6.45) is 0. The predicted molar refractivity (Wildman–Crippen MR) is 118 cm³/mol. The van der Waals surface area contributed by atoms with E-state index in [1.165, 1.54) is 0 Å². The number of alkyl halides is 1. The minimum absolute atomic E-state index is 0.131. The van der Waals surface area contributed by atoms with Crippen LogP contribution in [0.1, 0.15) is 16.0 Å². The van der Waals surface area contributed by atoms with Crippen LogP contribution >= 0.6 is 11.6 Å². The highest BCUT2D eigenvalue weighted by Crippen LogP contribution is 2.36. The Morgan fingerprint density at radius 3 is 1.93 bits per heavy atom. The van der Waals surface area contributed by atoms with Gasteiger partial charge in [-0.15, -0.1) is 10.2 Å². The number of benzene rings is 3. The van der Waals surface area contributed by atoms with Gasteiger partial charge in [0.2, 0.25) is 9.84 Å². The van der Waals surface area contributed by atoms with E-state index < -0.39 is 14.5 Å². The molecule has 0 bridgehead atoms. The Labute approximate surface area is 180 Å². The standard InChI is InChI=1S/C23H18ClN3O2S/c1-16-12-14-19(15-13-16)30(28,29)22(24)21-20(17-8-4-2-5-9-17)26-27-23(25-21)18-10-6-3-7-11-18/h2-15,22H,1H3. The van der Waals surface area contributed by atoms with Crippen LogP contribution in [-0.2, 0) is 9.84 Å². The number of aromatic nitrogens is 3. The average molecular weight is 436 g/mol. The number of aryl methyl sites for hydroxylation is 1. The van der Waals surface area contributed by atoms with Gasteiger partial charge in [0.1, 0.15) is 11.4 Å². The van der Waals surface area contributed by atoms with E-state index in [4.69, 9.17) is 11.6 Å². The molecular formula is C23H18ClN3O2S. The number of nitrogens with zero attached hydrogens (tertiary/aromatic N) is 3. The smallest absolute Gasteiger partial charge is 0.201 e. The van der Waals surface area contributed by atoms with Crippen LogP contribution in [0.3, 0.4) is 0 Å². The van der Waals surface area contributed by atoms with Crippen LogP contribution in [0.15, 0.2) is 89.8 Å². The molecule has 150 valence electrons. The van der Waals surface area contributed by atoms with Crippen LogP contribution in [0, 0.1) is 6.92 Å². The lowest BCUT2D eigenvalue weighted by Gasteiger charge is -2.15. The third-order valence-electron chi connectivity index (χ3n) is 4.63. The number of hydrogen-bond donors (Lipinski definition) is 0. The fraction of sp³-hybridized carbons (Fsp3) is 0.0870. The minimum Gasteiger partial charge on any atom is -0.226 e. The van der Waals surface area contributed by atoms with Crippen LogP contribution in [0.2, 0.25) is 0 Å². The van der Waals surface area contributed by atoms with Crippen molar-refractivity contribution in [1.82, 2.24) is 15.2 Å². The van der Waals surface area contributed by atoms with Crippen molar-refractivity contribution < 1.29 is 8.42 Å². The molecule has 1 heterocycles. The molecule has 0 fully saturated rings. The molecule has 4 aromatic rings. The van der Waals surface area contributed by atoms with Gasteiger partial charge in [0, 0.05) is 11.1 Å².